The van der Waals surface area contributed by atoms with Crippen molar-refractivity contribution < 1.29 is 22.5 Å². The molecule has 0 rings (SSSR count). The number of hydrogen-bond acceptors (Lipinski definition) is 4. The molecule has 0 aliphatic carbocycles. The molecule has 0 aromatic carbocycles. The Hall–Kier alpha value is -0.430. The Balaban J connectivity index is 4.23. The van der Waals surface area contributed by atoms with Gasteiger partial charge in [-0.25, -0.2) is 8.42 Å². The van der Waals surface area contributed by atoms with Crippen LogP contribution in [-0.4, -0.2) is 46.2 Å². The Morgan fingerprint density at radius 1 is 1.40 bits per heavy atom. The normalized spacial score (nSPS) is 14.9. The molecule has 0 bridgehead atoms. The lowest BCUT2D eigenvalue weighted by molar-refractivity contribution is -0.139. The zero-order valence-corrected chi connectivity index (χ0v) is 10.7. The van der Waals surface area contributed by atoms with E-state index in [-0.39, 0.29) is 17.9 Å². The van der Waals surface area contributed by atoms with Crippen LogP contribution in [0.15, 0.2) is 0 Å². The van der Waals surface area contributed by atoms with Gasteiger partial charge in [-0.1, -0.05) is 0 Å². The van der Waals surface area contributed by atoms with Gasteiger partial charge in [-0.15, -0.1) is 0 Å². The Kier molecular flexibility index (Phi) is 4.92. The molecule has 15 heavy (non-hydrogen) atoms. The first-order valence-corrected chi connectivity index (χ1v) is 7.75. The highest BCUT2D eigenvalue weighted by Gasteiger charge is 2.33. The van der Waals surface area contributed by atoms with Crippen molar-refractivity contribution in [2.75, 3.05) is 17.8 Å². The van der Waals surface area contributed by atoms with Gasteiger partial charge in [0.25, 0.3) is 0 Å². The van der Waals surface area contributed by atoms with Crippen LogP contribution in [-0.2, 0) is 25.4 Å². The van der Waals surface area contributed by atoms with Crippen LogP contribution in [0.2, 0.25) is 0 Å². The SMILES string of the molecule is CC(C)(C(=O)O)S(=O)CCCS(C)(=O)=O. The fourth-order valence-corrected chi connectivity index (χ4v) is 2.77. The Bertz CT molecular complexity index is 355. The minimum atomic E-state index is -3.07. The van der Waals surface area contributed by atoms with Crippen LogP contribution in [0, 0.1) is 0 Å². The fraction of sp³-hybridized carbons (Fsp3) is 0.875. The van der Waals surface area contributed by atoms with Gasteiger partial charge in [-0.2, -0.15) is 0 Å². The van der Waals surface area contributed by atoms with Crippen LogP contribution in [0.4, 0.5) is 0 Å². The van der Waals surface area contributed by atoms with Crippen LogP contribution in [0.1, 0.15) is 20.3 Å². The first-order valence-electron chi connectivity index (χ1n) is 4.37. The van der Waals surface area contributed by atoms with Gasteiger partial charge in [-0.3, -0.25) is 9.00 Å². The summed E-state index contributed by atoms with van der Waals surface area (Å²) < 4.78 is 31.8. The van der Waals surface area contributed by atoms with Crippen molar-refractivity contribution in [3.8, 4) is 0 Å². The molecule has 1 atom stereocenters. The van der Waals surface area contributed by atoms with E-state index in [0.29, 0.717) is 0 Å². The molecular formula is C8H16O5S2. The molecule has 0 saturated heterocycles. The lowest BCUT2D eigenvalue weighted by Crippen LogP contribution is -2.37. The van der Waals surface area contributed by atoms with Gasteiger partial charge in [0.2, 0.25) is 0 Å². The number of hydrogen-bond donors (Lipinski definition) is 1. The maximum Gasteiger partial charge on any atom is 0.321 e. The molecule has 0 aromatic rings. The van der Waals surface area contributed by atoms with E-state index in [4.69, 9.17) is 5.11 Å². The van der Waals surface area contributed by atoms with Crippen molar-refractivity contribution in [2.45, 2.75) is 25.0 Å². The largest absolute Gasteiger partial charge is 0.480 e. The summed E-state index contributed by atoms with van der Waals surface area (Å²) in [5.74, 6) is -1.11. The zero-order valence-electron chi connectivity index (χ0n) is 9.02. The molecule has 5 nitrogen and oxygen atoms in total. The predicted molar refractivity (Wildman–Crippen MR) is 59.1 cm³/mol. The standard InChI is InChI=1S/C8H16O5S2/c1-8(2,7(9)10)14(11)5-4-6-15(3,12)13/h4-6H2,1-3H3,(H,9,10). The van der Waals surface area contributed by atoms with Crippen molar-refractivity contribution in [2.24, 2.45) is 0 Å². The smallest absolute Gasteiger partial charge is 0.321 e. The van der Waals surface area contributed by atoms with E-state index in [1.54, 1.807) is 0 Å². The second kappa shape index (κ2) is 5.07. The van der Waals surface area contributed by atoms with Crippen LogP contribution < -0.4 is 0 Å². The minimum absolute atomic E-state index is 0.0611. The summed E-state index contributed by atoms with van der Waals surface area (Å²) in [4.78, 5) is 10.7. The highest BCUT2D eigenvalue weighted by molar-refractivity contribution is 7.90. The van der Waals surface area contributed by atoms with Gasteiger partial charge < -0.3 is 5.11 Å². The molecule has 0 radical (unpaired) electrons. The lowest BCUT2D eigenvalue weighted by Gasteiger charge is -2.17. The third kappa shape index (κ3) is 5.27. The molecule has 0 spiro atoms. The van der Waals surface area contributed by atoms with Gasteiger partial charge in [0.15, 0.2) is 0 Å². The molecule has 0 fully saturated rings. The maximum atomic E-state index is 11.5. The minimum Gasteiger partial charge on any atom is -0.480 e. The van der Waals surface area contributed by atoms with Crippen LogP contribution in [0.25, 0.3) is 0 Å². The Morgan fingerprint density at radius 3 is 2.20 bits per heavy atom. The zero-order chi connectivity index (χ0) is 12.3. The van der Waals surface area contributed by atoms with E-state index >= 15 is 0 Å². The summed E-state index contributed by atoms with van der Waals surface area (Å²) in [6.45, 7) is 2.73. The van der Waals surface area contributed by atoms with Crippen molar-refractivity contribution in [1.29, 1.82) is 0 Å². The average molecular weight is 256 g/mol. The number of carbonyl (C=O) groups is 1. The first kappa shape index (κ1) is 14.6. The van der Waals surface area contributed by atoms with E-state index in [0.717, 1.165) is 6.26 Å². The van der Waals surface area contributed by atoms with Gasteiger partial charge in [0.05, 0.1) is 5.75 Å². The summed E-state index contributed by atoms with van der Waals surface area (Å²) >= 11 is 0. The van der Waals surface area contributed by atoms with E-state index in [1.807, 2.05) is 0 Å². The van der Waals surface area contributed by atoms with E-state index < -0.39 is 31.4 Å². The molecular weight excluding hydrogens is 240 g/mol. The number of carboxylic acids is 1. The van der Waals surface area contributed by atoms with Crippen LogP contribution in [0.3, 0.4) is 0 Å². The summed E-state index contributed by atoms with van der Waals surface area (Å²) in [7, 11) is -4.63. The van der Waals surface area contributed by atoms with Crippen molar-refractivity contribution in [3.63, 3.8) is 0 Å². The number of carboxylic acid groups (broad SMARTS) is 1. The van der Waals surface area contributed by atoms with E-state index in [1.165, 1.54) is 13.8 Å². The van der Waals surface area contributed by atoms with E-state index in [2.05, 4.69) is 0 Å². The molecule has 0 aliphatic rings. The molecule has 0 saturated carbocycles. The molecule has 7 heteroatoms. The molecule has 0 amide bonds. The quantitative estimate of drug-likeness (QED) is 0.724. The molecule has 90 valence electrons. The van der Waals surface area contributed by atoms with Gasteiger partial charge >= 0.3 is 5.97 Å². The topological polar surface area (TPSA) is 88.5 Å². The third-order valence-electron chi connectivity index (χ3n) is 1.93. The number of rotatable bonds is 6. The number of aliphatic carboxylic acids is 1. The molecule has 0 aliphatic heterocycles. The van der Waals surface area contributed by atoms with Crippen LogP contribution in [0.5, 0.6) is 0 Å². The van der Waals surface area contributed by atoms with Gasteiger partial charge in [-0.05, 0) is 20.3 Å². The Morgan fingerprint density at radius 2 is 1.87 bits per heavy atom. The average Bonchev–Trinajstić information content (AvgIpc) is 2.01. The molecule has 0 heterocycles. The second-order valence-electron chi connectivity index (χ2n) is 3.85. The summed E-state index contributed by atoms with van der Waals surface area (Å²) in [6.07, 6.45) is 1.32. The second-order valence-corrected chi connectivity index (χ2v) is 8.23. The number of sulfone groups is 1. The van der Waals surface area contributed by atoms with Crippen LogP contribution >= 0.6 is 0 Å². The third-order valence-corrected chi connectivity index (χ3v) is 4.93. The lowest BCUT2D eigenvalue weighted by atomic mass is 10.2. The fourth-order valence-electron chi connectivity index (χ4n) is 0.805. The van der Waals surface area contributed by atoms with Crippen molar-refractivity contribution in [1.82, 2.24) is 0 Å². The van der Waals surface area contributed by atoms with Crippen molar-refractivity contribution >= 4 is 26.6 Å². The van der Waals surface area contributed by atoms with Gasteiger partial charge in [0, 0.05) is 22.8 Å². The highest BCUT2D eigenvalue weighted by Crippen LogP contribution is 2.14. The summed E-state index contributed by atoms with van der Waals surface area (Å²) in [5.41, 5.74) is 0. The van der Waals surface area contributed by atoms with Gasteiger partial charge in [0.1, 0.15) is 14.6 Å². The van der Waals surface area contributed by atoms with E-state index in [9.17, 15) is 17.4 Å². The maximum absolute atomic E-state index is 11.5. The summed E-state index contributed by atoms with van der Waals surface area (Å²) in [6, 6.07) is 0. The monoisotopic (exact) mass is 256 g/mol. The molecule has 0 aromatic heterocycles. The molecule has 1 unspecified atom stereocenters. The summed E-state index contributed by atoms with van der Waals surface area (Å²) in [5, 5.41) is 8.76. The molecule has 1 N–H and O–H groups in total. The highest BCUT2D eigenvalue weighted by atomic mass is 32.2. The Labute approximate surface area is 92.2 Å². The first-order chi connectivity index (χ1) is 6.57. The predicted octanol–water partition coefficient (Wildman–Crippen LogP) is 0.0330. The van der Waals surface area contributed by atoms with Crippen molar-refractivity contribution in [3.05, 3.63) is 0 Å².